The molecule has 206 valence electrons. The van der Waals surface area contributed by atoms with E-state index in [0.717, 1.165) is 55.4 Å². The number of benzene rings is 1. The second kappa shape index (κ2) is 13.3. The first kappa shape index (κ1) is 28.1. The van der Waals surface area contributed by atoms with Gasteiger partial charge in [0, 0.05) is 62.7 Å². The van der Waals surface area contributed by atoms with Crippen LogP contribution in [0.3, 0.4) is 0 Å². The van der Waals surface area contributed by atoms with Crippen molar-refractivity contribution in [1.82, 2.24) is 25.4 Å². The van der Waals surface area contributed by atoms with Crippen molar-refractivity contribution in [3.63, 3.8) is 0 Å². The van der Waals surface area contributed by atoms with Gasteiger partial charge in [0.2, 0.25) is 5.91 Å². The Morgan fingerprint density at radius 2 is 1.97 bits per heavy atom. The molecule has 0 unspecified atom stereocenters. The van der Waals surface area contributed by atoms with Crippen molar-refractivity contribution in [3.05, 3.63) is 59.4 Å². The number of hydrogen-bond acceptors (Lipinski definition) is 7. The van der Waals surface area contributed by atoms with Crippen LogP contribution in [0.4, 0.5) is 8.78 Å². The Morgan fingerprint density at radius 1 is 1.21 bits per heavy atom. The van der Waals surface area contributed by atoms with Crippen LogP contribution in [0, 0.1) is 11.3 Å². The van der Waals surface area contributed by atoms with E-state index in [1.807, 2.05) is 30.3 Å². The Labute approximate surface area is 226 Å². The predicted molar refractivity (Wildman–Crippen MR) is 142 cm³/mol. The fourth-order valence-electron chi connectivity index (χ4n) is 4.57. The normalized spacial score (nSPS) is 19.1. The van der Waals surface area contributed by atoms with Gasteiger partial charge in [-0.1, -0.05) is 24.3 Å². The first-order chi connectivity index (χ1) is 18.8. The second-order valence-corrected chi connectivity index (χ2v) is 9.57. The first-order valence-corrected chi connectivity index (χ1v) is 13.0. The van der Waals surface area contributed by atoms with E-state index < -0.39 is 43.3 Å². The summed E-state index contributed by atoms with van der Waals surface area (Å²) in [6.45, 7) is 4.56. The Hall–Kier alpha value is -3.88. The van der Waals surface area contributed by atoms with E-state index in [1.165, 1.54) is 18.5 Å². The Bertz CT molecular complexity index is 1210. The van der Waals surface area contributed by atoms with Gasteiger partial charge in [-0.05, 0) is 30.2 Å². The van der Waals surface area contributed by atoms with E-state index in [-0.39, 0.29) is 5.56 Å². The molecule has 2 aromatic rings. The zero-order valence-corrected chi connectivity index (χ0v) is 21.6. The molecule has 2 N–H and O–H groups in total. The maximum atomic E-state index is 13.6. The van der Waals surface area contributed by atoms with E-state index in [2.05, 4.69) is 20.5 Å². The molecule has 2 fully saturated rings. The number of carbonyl (C=O) groups excluding carboxylic acids is 2. The third-order valence-corrected chi connectivity index (χ3v) is 6.67. The summed E-state index contributed by atoms with van der Waals surface area (Å²) in [6.07, 6.45) is 6.80. The van der Waals surface area contributed by atoms with Gasteiger partial charge in [0.15, 0.2) is 0 Å². The monoisotopic (exact) mass is 538 g/mol. The fraction of sp³-hybridized carbons (Fsp3) is 0.429. The average Bonchev–Trinajstić information content (AvgIpc) is 3.28. The number of amides is 2. The number of nitrogens with zero attached hydrogens (tertiary/aromatic N) is 4. The quantitative estimate of drug-likeness (QED) is 0.447. The van der Waals surface area contributed by atoms with Gasteiger partial charge in [0.25, 0.3) is 11.8 Å². The Kier molecular flexibility index (Phi) is 9.57. The van der Waals surface area contributed by atoms with Crippen LogP contribution >= 0.6 is 0 Å². The van der Waals surface area contributed by atoms with E-state index in [1.54, 1.807) is 12.1 Å². The molecule has 2 saturated heterocycles. The molecule has 9 nitrogen and oxygen atoms in total. The number of nitriles is 1. The molecular weight excluding hydrogens is 506 g/mol. The number of pyridine rings is 1. The number of alkyl halides is 2. The van der Waals surface area contributed by atoms with Crippen molar-refractivity contribution in [3.8, 4) is 11.8 Å². The van der Waals surface area contributed by atoms with E-state index in [4.69, 9.17) is 10.00 Å². The summed E-state index contributed by atoms with van der Waals surface area (Å²) in [6, 6.07) is 9.63. The van der Waals surface area contributed by atoms with Crippen molar-refractivity contribution in [1.29, 1.82) is 5.26 Å². The topological polar surface area (TPSA) is 111 Å². The van der Waals surface area contributed by atoms with Gasteiger partial charge in [0.1, 0.15) is 11.8 Å². The third-order valence-electron chi connectivity index (χ3n) is 6.67. The number of halogens is 2. The number of rotatable bonds is 10. The summed E-state index contributed by atoms with van der Waals surface area (Å²) in [5.41, 5.74) is 1.70. The van der Waals surface area contributed by atoms with Crippen molar-refractivity contribution < 1.29 is 23.1 Å². The molecule has 2 aliphatic rings. The Morgan fingerprint density at radius 3 is 2.72 bits per heavy atom. The van der Waals surface area contributed by atoms with Crippen LogP contribution in [0.5, 0.6) is 5.75 Å². The van der Waals surface area contributed by atoms with E-state index in [9.17, 15) is 18.4 Å². The minimum Gasteiger partial charge on any atom is -0.494 e. The average molecular weight is 539 g/mol. The van der Waals surface area contributed by atoms with Crippen molar-refractivity contribution in [2.45, 2.75) is 24.8 Å². The maximum Gasteiger partial charge on any atom is 0.268 e. The molecule has 11 heteroatoms. The molecular formula is C28H32F2N6O3. The first-order valence-electron chi connectivity index (χ1n) is 13.0. The van der Waals surface area contributed by atoms with Gasteiger partial charge in [0.05, 0.1) is 25.8 Å². The number of likely N-dealkylation sites (tertiary alicyclic amines) is 1. The highest BCUT2D eigenvalue weighted by Crippen LogP contribution is 2.31. The van der Waals surface area contributed by atoms with Crippen LogP contribution in [-0.2, 0) is 4.79 Å². The lowest BCUT2D eigenvalue weighted by Gasteiger charge is -2.26. The van der Waals surface area contributed by atoms with Crippen LogP contribution < -0.4 is 15.4 Å². The lowest BCUT2D eigenvalue weighted by atomic mass is 10.1. The number of carbonyl (C=O) groups is 2. The zero-order valence-electron chi connectivity index (χ0n) is 21.6. The summed E-state index contributed by atoms with van der Waals surface area (Å²) in [4.78, 5) is 32.5. The van der Waals surface area contributed by atoms with Gasteiger partial charge in [-0.3, -0.25) is 14.6 Å². The number of hydrogen-bond donors (Lipinski definition) is 2. The van der Waals surface area contributed by atoms with Gasteiger partial charge in [-0.2, -0.15) is 5.26 Å². The number of ether oxygens (including phenoxy) is 1. The summed E-state index contributed by atoms with van der Waals surface area (Å²) in [5.74, 6) is -3.61. The number of piperazine rings is 1. The van der Waals surface area contributed by atoms with E-state index in [0.29, 0.717) is 12.2 Å². The lowest BCUT2D eigenvalue weighted by molar-refractivity contribution is -0.131. The minimum absolute atomic E-state index is 0.280. The molecule has 4 rings (SSSR count). The molecule has 0 saturated carbocycles. The zero-order chi connectivity index (χ0) is 27.7. The summed E-state index contributed by atoms with van der Waals surface area (Å²) >= 11 is 0. The molecule has 1 aromatic heterocycles. The summed E-state index contributed by atoms with van der Waals surface area (Å²) in [5, 5.41) is 14.9. The maximum absolute atomic E-state index is 13.6. The van der Waals surface area contributed by atoms with Crippen LogP contribution in [0.1, 0.15) is 34.3 Å². The molecule has 1 atom stereocenters. The van der Waals surface area contributed by atoms with Crippen LogP contribution in [0.25, 0.3) is 12.2 Å². The molecule has 2 aliphatic heterocycles. The van der Waals surface area contributed by atoms with Crippen molar-refractivity contribution >= 4 is 24.0 Å². The van der Waals surface area contributed by atoms with Gasteiger partial charge in [-0.15, -0.1) is 0 Å². The Balaban J connectivity index is 1.28. The van der Waals surface area contributed by atoms with Gasteiger partial charge < -0.3 is 25.2 Å². The minimum atomic E-state index is -3.11. The molecule has 1 aromatic carbocycles. The van der Waals surface area contributed by atoms with Crippen LogP contribution in [-0.4, -0.2) is 91.0 Å². The van der Waals surface area contributed by atoms with Gasteiger partial charge >= 0.3 is 0 Å². The lowest BCUT2D eigenvalue weighted by Crippen LogP contribution is -2.43. The predicted octanol–water partition coefficient (Wildman–Crippen LogP) is 2.42. The largest absolute Gasteiger partial charge is 0.494 e. The third kappa shape index (κ3) is 8.05. The van der Waals surface area contributed by atoms with Gasteiger partial charge in [-0.25, -0.2) is 8.78 Å². The second-order valence-electron chi connectivity index (χ2n) is 9.57. The molecule has 2 amide bonds. The molecule has 3 heterocycles. The standard InChI is InChI=1S/C28H32F2N6O3/c29-28(30)16-23(17-31)36(20-28)26(37)19-34-27(38)25-8-9-33-18-22(25)5-2-21-3-6-24(7-4-21)39-15-1-12-35-13-10-32-11-14-35/h2-9,18,23,32H,1,10-16,19-20H2,(H,34,38)/b5-2+/t23-/m0/s1. The van der Waals surface area contributed by atoms with Crippen molar-refractivity contribution in [2.24, 2.45) is 0 Å². The SMILES string of the molecule is N#C[C@@H]1CC(F)(F)CN1C(=O)CNC(=O)c1ccncc1/C=C/c1ccc(OCCCN2CCNCC2)cc1. The number of nitrogens with one attached hydrogen (secondary N) is 2. The summed E-state index contributed by atoms with van der Waals surface area (Å²) < 4.78 is 33.1. The molecule has 0 spiro atoms. The molecule has 0 aliphatic carbocycles. The molecule has 0 bridgehead atoms. The van der Waals surface area contributed by atoms with E-state index >= 15 is 0 Å². The van der Waals surface area contributed by atoms with Crippen LogP contribution in [0.15, 0.2) is 42.7 Å². The molecule has 39 heavy (non-hydrogen) atoms. The smallest absolute Gasteiger partial charge is 0.268 e. The van der Waals surface area contributed by atoms with Crippen LogP contribution in [0.2, 0.25) is 0 Å². The van der Waals surface area contributed by atoms with Crippen molar-refractivity contribution in [2.75, 3.05) is 52.4 Å². The number of aromatic nitrogens is 1. The fourth-order valence-corrected chi connectivity index (χ4v) is 4.57. The summed E-state index contributed by atoms with van der Waals surface area (Å²) in [7, 11) is 0. The highest BCUT2D eigenvalue weighted by Gasteiger charge is 2.47. The highest BCUT2D eigenvalue weighted by atomic mass is 19.3. The highest BCUT2D eigenvalue weighted by molar-refractivity contribution is 6.00. The molecule has 0 radical (unpaired) electrons.